The van der Waals surface area contributed by atoms with E-state index in [2.05, 4.69) is 18.7 Å². The third-order valence-electron chi connectivity index (χ3n) is 4.94. The predicted octanol–water partition coefficient (Wildman–Crippen LogP) is 3.18. The molecule has 1 rings (SSSR count). The Balaban J connectivity index is 2.88. The number of hydrogen-bond donors (Lipinski definition) is 1. The lowest BCUT2D eigenvalue weighted by Gasteiger charge is -2.47. The van der Waals surface area contributed by atoms with Gasteiger partial charge in [-0.2, -0.15) is 0 Å². The van der Waals surface area contributed by atoms with Gasteiger partial charge in [0.25, 0.3) is 0 Å². The Kier molecular flexibility index (Phi) is 7.96. The SMILES string of the molecule is CCC(CC)N(CCOC)C1(CN)CCCCCC1. The molecule has 0 aromatic carbocycles. The maximum Gasteiger partial charge on any atom is 0.0590 e. The van der Waals surface area contributed by atoms with Crippen LogP contribution in [0.1, 0.15) is 65.2 Å². The molecule has 0 spiro atoms. The van der Waals surface area contributed by atoms with Gasteiger partial charge in [0, 0.05) is 31.8 Å². The maximum absolute atomic E-state index is 6.25. The van der Waals surface area contributed by atoms with E-state index in [-0.39, 0.29) is 5.54 Å². The van der Waals surface area contributed by atoms with E-state index >= 15 is 0 Å². The average Bonchev–Trinajstić information content (AvgIpc) is 2.69. The van der Waals surface area contributed by atoms with Gasteiger partial charge in [-0.15, -0.1) is 0 Å². The van der Waals surface area contributed by atoms with Gasteiger partial charge in [0.2, 0.25) is 0 Å². The predicted molar refractivity (Wildman–Crippen MR) is 82.4 cm³/mol. The van der Waals surface area contributed by atoms with Crippen molar-refractivity contribution in [1.29, 1.82) is 0 Å². The standard InChI is InChI=1S/C16H34N2O/c1-4-15(5-2)18(12-13-19-3)16(14-17)10-8-6-7-9-11-16/h15H,4-14,17H2,1-3H3. The van der Waals surface area contributed by atoms with Crippen molar-refractivity contribution in [2.75, 3.05) is 26.8 Å². The monoisotopic (exact) mass is 270 g/mol. The minimum atomic E-state index is 0.228. The smallest absolute Gasteiger partial charge is 0.0590 e. The summed E-state index contributed by atoms with van der Waals surface area (Å²) in [7, 11) is 1.80. The van der Waals surface area contributed by atoms with Gasteiger partial charge in [-0.3, -0.25) is 4.90 Å². The van der Waals surface area contributed by atoms with Crippen molar-refractivity contribution in [3.63, 3.8) is 0 Å². The van der Waals surface area contributed by atoms with Crippen LogP contribution in [0.3, 0.4) is 0 Å². The summed E-state index contributed by atoms with van der Waals surface area (Å²) in [6, 6.07) is 0.650. The highest BCUT2D eigenvalue weighted by atomic mass is 16.5. The molecule has 0 heterocycles. The molecule has 3 nitrogen and oxygen atoms in total. The zero-order chi connectivity index (χ0) is 14.1. The number of nitrogens with two attached hydrogens (primary N) is 1. The van der Waals surface area contributed by atoms with Gasteiger partial charge in [0.1, 0.15) is 0 Å². The minimum absolute atomic E-state index is 0.228. The van der Waals surface area contributed by atoms with Crippen molar-refractivity contribution in [3.8, 4) is 0 Å². The van der Waals surface area contributed by atoms with Crippen LogP contribution in [-0.4, -0.2) is 43.3 Å². The van der Waals surface area contributed by atoms with Gasteiger partial charge in [0.05, 0.1) is 6.61 Å². The molecule has 2 N–H and O–H groups in total. The van der Waals surface area contributed by atoms with E-state index in [1.807, 2.05) is 0 Å². The summed E-state index contributed by atoms with van der Waals surface area (Å²) in [4.78, 5) is 2.70. The number of rotatable bonds is 8. The molecule has 1 aliphatic carbocycles. The highest BCUT2D eigenvalue weighted by Gasteiger charge is 2.38. The summed E-state index contributed by atoms with van der Waals surface area (Å²) in [5.74, 6) is 0. The van der Waals surface area contributed by atoms with E-state index in [1.54, 1.807) is 7.11 Å². The van der Waals surface area contributed by atoms with Crippen LogP contribution in [0.5, 0.6) is 0 Å². The molecule has 0 atom stereocenters. The van der Waals surface area contributed by atoms with Crippen LogP contribution in [0.25, 0.3) is 0 Å². The van der Waals surface area contributed by atoms with E-state index in [4.69, 9.17) is 10.5 Å². The first kappa shape index (κ1) is 16.9. The van der Waals surface area contributed by atoms with Crippen LogP contribution < -0.4 is 5.73 Å². The van der Waals surface area contributed by atoms with E-state index in [9.17, 15) is 0 Å². The molecule has 1 aliphatic rings. The molecule has 0 bridgehead atoms. The summed E-state index contributed by atoms with van der Waals surface area (Å²) in [5, 5.41) is 0. The molecule has 0 aromatic rings. The van der Waals surface area contributed by atoms with Gasteiger partial charge in [0.15, 0.2) is 0 Å². The number of methoxy groups -OCH3 is 1. The molecule has 19 heavy (non-hydrogen) atoms. The highest BCUT2D eigenvalue weighted by molar-refractivity contribution is 4.95. The van der Waals surface area contributed by atoms with Crippen molar-refractivity contribution < 1.29 is 4.74 Å². The summed E-state index contributed by atoms with van der Waals surface area (Å²) < 4.78 is 5.34. The molecule has 3 heteroatoms. The van der Waals surface area contributed by atoms with Crippen LogP contribution in [0.2, 0.25) is 0 Å². The van der Waals surface area contributed by atoms with Crippen molar-refractivity contribution in [2.24, 2.45) is 5.73 Å². The molecular formula is C16H34N2O. The fraction of sp³-hybridized carbons (Fsp3) is 1.00. The Labute approximate surface area is 119 Å². The molecule has 114 valence electrons. The van der Waals surface area contributed by atoms with Crippen LogP contribution >= 0.6 is 0 Å². The van der Waals surface area contributed by atoms with Gasteiger partial charge < -0.3 is 10.5 Å². The minimum Gasteiger partial charge on any atom is -0.383 e. The Bertz CT molecular complexity index is 221. The lowest BCUT2D eigenvalue weighted by atomic mass is 9.86. The van der Waals surface area contributed by atoms with Gasteiger partial charge in [-0.1, -0.05) is 39.5 Å². The second-order valence-electron chi connectivity index (χ2n) is 6.00. The van der Waals surface area contributed by atoms with Crippen molar-refractivity contribution >= 4 is 0 Å². The molecule has 1 fully saturated rings. The fourth-order valence-corrected chi connectivity index (χ4v) is 3.72. The quantitative estimate of drug-likeness (QED) is 0.689. The average molecular weight is 270 g/mol. The second-order valence-corrected chi connectivity index (χ2v) is 6.00. The van der Waals surface area contributed by atoms with Crippen LogP contribution in [-0.2, 0) is 4.74 Å². The van der Waals surface area contributed by atoms with Crippen LogP contribution in [0.4, 0.5) is 0 Å². The zero-order valence-corrected chi connectivity index (χ0v) is 13.3. The Morgan fingerprint density at radius 2 is 1.68 bits per heavy atom. The van der Waals surface area contributed by atoms with E-state index in [0.717, 1.165) is 19.7 Å². The lowest BCUT2D eigenvalue weighted by molar-refractivity contribution is 0.00975. The number of nitrogens with zero attached hydrogens (tertiary/aromatic N) is 1. The summed E-state index contributed by atoms with van der Waals surface area (Å²) >= 11 is 0. The molecule has 0 saturated heterocycles. The first-order valence-electron chi connectivity index (χ1n) is 8.19. The van der Waals surface area contributed by atoms with Crippen LogP contribution in [0, 0.1) is 0 Å². The van der Waals surface area contributed by atoms with Crippen molar-refractivity contribution in [2.45, 2.75) is 76.8 Å². The summed E-state index contributed by atoms with van der Waals surface area (Å²) in [6.45, 7) is 7.25. The Hall–Kier alpha value is -0.120. The number of hydrogen-bond acceptors (Lipinski definition) is 3. The number of ether oxygens (including phenoxy) is 1. The van der Waals surface area contributed by atoms with Crippen LogP contribution in [0.15, 0.2) is 0 Å². The van der Waals surface area contributed by atoms with Crippen molar-refractivity contribution in [3.05, 3.63) is 0 Å². The van der Waals surface area contributed by atoms with Crippen molar-refractivity contribution in [1.82, 2.24) is 4.90 Å². The Morgan fingerprint density at radius 3 is 2.11 bits per heavy atom. The first-order valence-corrected chi connectivity index (χ1v) is 8.19. The van der Waals surface area contributed by atoms with E-state index in [1.165, 1.54) is 51.4 Å². The zero-order valence-electron chi connectivity index (χ0n) is 13.3. The molecule has 0 amide bonds. The topological polar surface area (TPSA) is 38.5 Å². The fourth-order valence-electron chi connectivity index (χ4n) is 3.72. The molecule has 0 unspecified atom stereocenters. The van der Waals surface area contributed by atoms with Gasteiger partial charge >= 0.3 is 0 Å². The Morgan fingerprint density at radius 1 is 1.11 bits per heavy atom. The molecule has 1 saturated carbocycles. The maximum atomic E-state index is 6.25. The highest BCUT2D eigenvalue weighted by Crippen LogP contribution is 2.34. The third kappa shape index (κ3) is 4.44. The lowest BCUT2D eigenvalue weighted by Crippen LogP contribution is -2.58. The summed E-state index contributed by atoms with van der Waals surface area (Å²) in [5.41, 5.74) is 6.47. The first-order chi connectivity index (χ1) is 9.24. The molecule has 0 aliphatic heterocycles. The largest absolute Gasteiger partial charge is 0.383 e. The molecule has 0 radical (unpaired) electrons. The van der Waals surface area contributed by atoms with E-state index in [0.29, 0.717) is 6.04 Å². The summed E-state index contributed by atoms with van der Waals surface area (Å²) in [6.07, 6.45) is 10.4. The third-order valence-corrected chi connectivity index (χ3v) is 4.94. The van der Waals surface area contributed by atoms with Gasteiger partial charge in [-0.25, -0.2) is 0 Å². The molecular weight excluding hydrogens is 236 g/mol. The molecule has 0 aromatic heterocycles. The second kappa shape index (κ2) is 8.93. The van der Waals surface area contributed by atoms with Gasteiger partial charge in [-0.05, 0) is 25.7 Å². The van der Waals surface area contributed by atoms with E-state index < -0.39 is 0 Å². The normalized spacial score (nSPS) is 19.9.